The second-order valence-electron chi connectivity index (χ2n) is 3.45. The van der Waals surface area contributed by atoms with Crippen molar-refractivity contribution in [2.24, 2.45) is 5.73 Å². The summed E-state index contributed by atoms with van der Waals surface area (Å²) in [6.45, 7) is 1.54. The molecular weight excluding hydrogens is 265 g/mol. The molecule has 0 aromatic heterocycles. The van der Waals surface area contributed by atoms with Gasteiger partial charge in [-0.1, -0.05) is 24.3 Å². The van der Waals surface area contributed by atoms with Crippen LogP contribution in [0.25, 0.3) is 0 Å². The molecule has 94 valence electrons. The van der Waals surface area contributed by atoms with Gasteiger partial charge in [-0.2, -0.15) is 0 Å². The Morgan fingerprint density at radius 3 is 2.35 bits per heavy atom. The predicted octanol–water partition coefficient (Wildman–Crippen LogP) is 1.44. The Balaban J connectivity index is 0.00000256. The number of hydrogen-bond donors (Lipinski definition) is 2. The molecule has 2 atom stereocenters. The maximum atomic E-state index is 11.7. The number of hydrogen-bond acceptors (Lipinski definition) is 4. The summed E-state index contributed by atoms with van der Waals surface area (Å²) in [7, 11) is 0. The number of ketones is 1. The van der Waals surface area contributed by atoms with E-state index in [1.54, 1.807) is 12.1 Å². The molecule has 0 heterocycles. The fraction of sp³-hybridized carbons (Fsp3) is 0.273. The van der Waals surface area contributed by atoms with Crippen molar-refractivity contribution >= 4 is 35.0 Å². The van der Waals surface area contributed by atoms with Gasteiger partial charge in [0, 0.05) is 11.1 Å². The van der Waals surface area contributed by atoms with Gasteiger partial charge in [-0.05, 0) is 18.5 Å². The predicted molar refractivity (Wildman–Crippen MR) is 67.5 cm³/mol. The van der Waals surface area contributed by atoms with Crippen LogP contribution in [0.2, 0.25) is 0 Å². The van der Waals surface area contributed by atoms with E-state index in [9.17, 15) is 14.7 Å². The van der Waals surface area contributed by atoms with Crippen LogP contribution in [0.3, 0.4) is 0 Å². The summed E-state index contributed by atoms with van der Waals surface area (Å²) >= 11 is 5.19. The lowest BCUT2D eigenvalue weighted by atomic mass is 9.97. The fourth-order valence-electron chi connectivity index (χ4n) is 1.33. The zero-order valence-corrected chi connectivity index (χ0v) is 10.7. The summed E-state index contributed by atoms with van der Waals surface area (Å²) in [5.41, 5.74) is 5.87. The number of nitrogens with two attached hydrogens (primary N) is 1. The van der Waals surface area contributed by atoms with Crippen LogP contribution in [0, 0.1) is 0 Å². The van der Waals surface area contributed by atoms with Gasteiger partial charge < -0.3 is 10.8 Å². The summed E-state index contributed by atoms with van der Waals surface area (Å²) in [5, 5.41) is 8.61. The first-order valence-electron chi connectivity index (χ1n) is 4.71. The molecule has 4 nitrogen and oxygen atoms in total. The molecule has 0 bridgehead atoms. The Hall–Kier alpha value is -0.940. The minimum atomic E-state index is -1.50. The standard InChI is InChI=1S/C11H12ClNO3.ClH/c1-6(13)9(14)7-4-2-3-5-8(7)10(15)11(12)16;/h2-6,10,15H,13H2,1H3;1H/t6-,10?;/m0./s1. The highest BCUT2D eigenvalue weighted by Crippen LogP contribution is 2.21. The minimum absolute atomic E-state index is 0. The normalized spacial score (nSPS) is 13.4. The van der Waals surface area contributed by atoms with Gasteiger partial charge in [0.15, 0.2) is 11.9 Å². The van der Waals surface area contributed by atoms with Crippen molar-refractivity contribution in [3.63, 3.8) is 0 Å². The minimum Gasteiger partial charge on any atom is -0.379 e. The van der Waals surface area contributed by atoms with Gasteiger partial charge in [0.25, 0.3) is 5.24 Å². The molecule has 0 saturated carbocycles. The average molecular weight is 278 g/mol. The summed E-state index contributed by atoms with van der Waals surface area (Å²) in [5.74, 6) is -0.340. The molecule has 0 aliphatic carbocycles. The van der Waals surface area contributed by atoms with Crippen molar-refractivity contribution < 1.29 is 14.7 Å². The van der Waals surface area contributed by atoms with Crippen LogP contribution >= 0.6 is 24.0 Å². The third-order valence-corrected chi connectivity index (χ3v) is 2.36. The Morgan fingerprint density at radius 2 is 1.88 bits per heavy atom. The lowest BCUT2D eigenvalue weighted by Gasteiger charge is -2.12. The quantitative estimate of drug-likeness (QED) is 0.645. The highest BCUT2D eigenvalue weighted by molar-refractivity contribution is 6.64. The topological polar surface area (TPSA) is 80.4 Å². The first-order valence-corrected chi connectivity index (χ1v) is 5.09. The molecule has 3 N–H and O–H groups in total. The summed E-state index contributed by atoms with van der Waals surface area (Å²) in [4.78, 5) is 22.6. The largest absolute Gasteiger partial charge is 0.379 e. The maximum absolute atomic E-state index is 11.7. The van der Waals surface area contributed by atoms with Gasteiger partial charge in [0.1, 0.15) is 0 Å². The van der Waals surface area contributed by atoms with Crippen LogP contribution in [0.1, 0.15) is 28.9 Å². The smallest absolute Gasteiger partial charge is 0.254 e. The van der Waals surface area contributed by atoms with E-state index >= 15 is 0 Å². The van der Waals surface area contributed by atoms with Crippen molar-refractivity contribution in [3.8, 4) is 0 Å². The van der Waals surface area contributed by atoms with E-state index in [0.717, 1.165) is 0 Å². The molecule has 0 radical (unpaired) electrons. The molecule has 0 spiro atoms. The van der Waals surface area contributed by atoms with E-state index in [4.69, 9.17) is 17.3 Å². The van der Waals surface area contributed by atoms with Crippen molar-refractivity contribution in [1.82, 2.24) is 0 Å². The molecule has 1 rings (SSSR count). The van der Waals surface area contributed by atoms with E-state index in [-0.39, 0.29) is 29.3 Å². The summed E-state index contributed by atoms with van der Waals surface area (Å²) < 4.78 is 0. The van der Waals surface area contributed by atoms with Crippen LogP contribution in [-0.4, -0.2) is 22.2 Å². The SMILES string of the molecule is C[C@H](N)C(=O)c1ccccc1C(O)C(=O)Cl.Cl. The molecule has 1 aromatic rings. The first kappa shape index (κ1) is 16.1. The maximum Gasteiger partial charge on any atom is 0.254 e. The third kappa shape index (κ3) is 3.78. The number of rotatable bonds is 4. The van der Waals surface area contributed by atoms with E-state index < -0.39 is 17.4 Å². The number of carbonyl (C=O) groups excluding carboxylic acids is 2. The fourth-order valence-corrected chi connectivity index (χ4v) is 1.44. The molecule has 0 amide bonds. The second-order valence-corrected chi connectivity index (χ2v) is 3.82. The van der Waals surface area contributed by atoms with Gasteiger partial charge in [-0.3, -0.25) is 9.59 Å². The third-order valence-electron chi connectivity index (χ3n) is 2.15. The van der Waals surface area contributed by atoms with Crippen molar-refractivity contribution in [2.45, 2.75) is 19.1 Å². The van der Waals surface area contributed by atoms with E-state index in [1.807, 2.05) is 0 Å². The Kier molecular flexibility index (Phi) is 6.34. The molecule has 0 fully saturated rings. The summed E-state index contributed by atoms with van der Waals surface area (Å²) in [6.07, 6.45) is -1.50. The van der Waals surface area contributed by atoms with Crippen LogP contribution in [0.5, 0.6) is 0 Å². The van der Waals surface area contributed by atoms with E-state index in [1.165, 1.54) is 19.1 Å². The lowest BCUT2D eigenvalue weighted by molar-refractivity contribution is -0.119. The number of aliphatic hydroxyl groups excluding tert-OH is 1. The van der Waals surface area contributed by atoms with Crippen LogP contribution < -0.4 is 5.73 Å². The highest BCUT2D eigenvalue weighted by atomic mass is 35.5. The van der Waals surface area contributed by atoms with Crippen LogP contribution in [-0.2, 0) is 4.79 Å². The van der Waals surface area contributed by atoms with Gasteiger partial charge in [0.05, 0.1) is 6.04 Å². The summed E-state index contributed by atoms with van der Waals surface area (Å²) in [6, 6.07) is 5.52. The molecule has 1 aromatic carbocycles. The Labute approximate surface area is 110 Å². The zero-order chi connectivity index (χ0) is 12.3. The first-order chi connectivity index (χ1) is 7.45. The Bertz CT molecular complexity index is 421. The molecule has 1 unspecified atom stereocenters. The molecule has 0 aliphatic rings. The number of Topliss-reactive ketones (excluding diaryl/α,β-unsaturated/α-hetero) is 1. The molecule has 6 heteroatoms. The highest BCUT2D eigenvalue weighted by Gasteiger charge is 2.22. The monoisotopic (exact) mass is 277 g/mol. The second kappa shape index (κ2) is 6.71. The number of halogens is 2. The van der Waals surface area contributed by atoms with Crippen molar-refractivity contribution in [2.75, 3.05) is 0 Å². The average Bonchev–Trinajstić information content (AvgIpc) is 2.26. The van der Waals surface area contributed by atoms with Gasteiger partial charge >= 0.3 is 0 Å². The number of benzene rings is 1. The molecule has 17 heavy (non-hydrogen) atoms. The number of aliphatic hydroxyl groups is 1. The lowest BCUT2D eigenvalue weighted by Crippen LogP contribution is -2.28. The van der Waals surface area contributed by atoms with E-state index in [0.29, 0.717) is 0 Å². The van der Waals surface area contributed by atoms with Gasteiger partial charge in [-0.25, -0.2) is 0 Å². The Morgan fingerprint density at radius 1 is 1.35 bits per heavy atom. The molecule has 0 aliphatic heterocycles. The van der Waals surface area contributed by atoms with Crippen molar-refractivity contribution in [3.05, 3.63) is 35.4 Å². The zero-order valence-electron chi connectivity index (χ0n) is 9.09. The van der Waals surface area contributed by atoms with E-state index in [2.05, 4.69) is 0 Å². The van der Waals surface area contributed by atoms with Gasteiger partial charge in [-0.15, -0.1) is 12.4 Å². The van der Waals surface area contributed by atoms with Crippen LogP contribution in [0.15, 0.2) is 24.3 Å². The van der Waals surface area contributed by atoms with Crippen LogP contribution in [0.4, 0.5) is 0 Å². The molecule has 0 saturated heterocycles. The van der Waals surface area contributed by atoms with Crippen molar-refractivity contribution in [1.29, 1.82) is 0 Å². The number of carbonyl (C=O) groups is 2. The molecular formula is C11H13Cl2NO3. The van der Waals surface area contributed by atoms with Gasteiger partial charge in [0.2, 0.25) is 0 Å².